The van der Waals surface area contributed by atoms with E-state index in [0.29, 0.717) is 40.1 Å². The molecule has 0 aliphatic heterocycles. The van der Waals surface area contributed by atoms with E-state index in [9.17, 15) is 14.4 Å². The zero-order valence-electron chi connectivity index (χ0n) is 18.2. The summed E-state index contributed by atoms with van der Waals surface area (Å²) in [6.07, 6.45) is 1.97. The van der Waals surface area contributed by atoms with Crippen LogP contribution in [0.5, 0.6) is 11.5 Å². The minimum atomic E-state index is -0.541. The number of fused-ring (bicyclic) bond motifs is 1. The Morgan fingerprint density at radius 3 is 2.61 bits per heavy atom. The fourth-order valence-corrected chi connectivity index (χ4v) is 3.56. The molecule has 0 bridgehead atoms. The smallest absolute Gasteiger partial charge is 0.328 e. The molecule has 4 aromatic rings. The molecule has 1 amide bonds. The number of ether oxygens (including phenoxy) is 2. The normalized spacial score (nSPS) is 10.8. The van der Waals surface area contributed by atoms with E-state index in [0.717, 1.165) is 10.1 Å². The van der Waals surface area contributed by atoms with E-state index in [-0.39, 0.29) is 19.0 Å². The van der Waals surface area contributed by atoms with Crippen LogP contribution in [-0.2, 0) is 19.5 Å². The van der Waals surface area contributed by atoms with Crippen molar-refractivity contribution in [2.45, 2.75) is 19.5 Å². The summed E-state index contributed by atoms with van der Waals surface area (Å²) in [4.78, 5) is 40.7. The van der Waals surface area contributed by atoms with Crippen LogP contribution in [0.4, 0.5) is 0 Å². The van der Waals surface area contributed by atoms with Gasteiger partial charge >= 0.3 is 5.69 Å². The van der Waals surface area contributed by atoms with Gasteiger partial charge < -0.3 is 24.2 Å². The van der Waals surface area contributed by atoms with Crippen molar-refractivity contribution in [3.63, 3.8) is 0 Å². The number of carbonyl (C=O) groups is 1. The van der Waals surface area contributed by atoms with Crippen LogP contribution >= 0.6 is 0 Å². The molecule has 0 aliphatic carbocycles. The second-order valence-corrected chi connectivity index (χ2v) is 7.35. The molecule has 9 heteroatoms. The van der Waals surface area contributed by atoms with Crippen molar-refractivity contribution >= 4 is 16.8 Å². The van der Waals surface area contributed by atoms with Crippen molar-refractivity contribution in [3.05, 3.63) is 92.5 Å². The number of hydrogen-bond acceptors (Lipinski definition) is 6. The Morgan fingerprint density at radius 1 is 1.06 bits per heavy atom. The van der Waals surface area contributed by atoms with E-state index in [1.54, 1.807) is 44.6 Å². The molecule has 0 atom stereocenters. The van der Waals surface area contributed by atoms with E-state index in [1.807, 2.05) is 12.1 Å². The number of aryl methyl sites for hydroxylation is 1. The highest BCUT2D eigenvalue weighted by molar-refractivity contribution is 5.97. The van der Waals surface area contributed by atoms with E-state index in [4.69, 9.17) is 13.9 Å². The summed E-state index contributed by atoms with van der Waals surface area (Å²) < 4.78 is 16.9. The van der Waals surface area contributed by atoms with Gasteiger partial charge in [-0.05, 0) is 54.4 Å². The van der Waals surface area contributed by atoms with Gasteiger partial charge in [-0.25, -0.2) is 4.79 Å². The molecule has 170 valence electrons. The van der Waals surface area contributed by atoms with Gasteiger partial charge in [-0.1, -0.05) is 6.07 Å². The molecule has 2 aromatic heterocycles. The maximum Gasteiger partial charge on any atom is 0.328 e. The zero-order valence-corrected chi connectivity index (χ0v) is 18.2. The maximum atomic E-state index is 12.9. The van der Waals surface area contributed by atoms with Crippen molar-refractivity contribution in [2.24, 2.45) is 0 Å². The predicted molar refractivity (Wildman–Crippen MR) is 122 cm³/mol. The molecule has 0 aliphatic rings. The standard InChI is InChI=1S/C24H23N3O6/c1-31-20-8-5-15(12-21(20)32-2)9-10-27-23(29)18-7-6-16(13-19(18)26-24(27)30)22(28)25-14-17-4-3-11-33-17/h3-8,11-13H,9-10,14H2,1-2H3,(H,25,28)(H,26,30). The third-order valence-electron chi connectivity index (χ3n) is 5.32. The molecule has 4 rings (SSSR count). The quantitative estimate of drug-likeness (QED) is 0.427. The Balaban J connectivity index is 1.54. The number of benzene rings is 2. The highest BCUT2D eigenvalue weighted by Gasteiger charge is 2.12. The molecule has 9 nitrogen and oxygen atoms in total. The first-order valence-corrected chi connectivity index (χ1v) is 10.3. The van der Waals surface area contributed by atoms with Crippen LogP contribution in [-0.4, -0.2) is 29.7 Å². The van der Waals surface area contributed by atoms with E-state index < -0.39 is 11.2 Å². The van der Waals surface area contributed by atoms with Gasteiger partial charge in [0.1, 0.15) is 5.76 Å². The number of rotatable bonds is 8. The predicted octanol–water partition coefficient (Wildman–Crippen LogP) is 2.47. The summed E-state index contributed by atoms with van der Waals surface area (Å²) >= 11 is 0. The minimum absolute atomic E-state index is 0.185. The Bertz CT molecular complexity index is 1400. The summed E-state index contributed by atoms with van der Waals surface area (Å²) in [5, 5.41) is 3.06. The van der Waals surface area contributed by atoms with Crippen LogP contribution in [0, 0.1) is 0 Å². The third-order valence-corrected chi connectivity index (χ3v) is 5.32. The summed E-state index contributed by atoms with van der Waals surface area (Å²) in [7, 11) is 3.10. The van der Waals surface area contributed by atoms with E-state index in [2.05, 4.69) is 10.3 Å². The first-order valence-electron chi connectivity index (χ1n) is 10.3. The molecule has 2 N–H and O–H groups in total. The molecule has 0 radical (unpaired) electrons. The van der Waals surface area contributed by atoms with Gasteiger partial charge in [0.15, 0.2) is 11.5 Å². The highest BCUT2D eigenvalue weighted by atomic mass is 16.5. The largest absolute Gasteiger partial charge is 0.493 e. The van der Waals surface area contributed by atoms with Crippen LogP contribution < -0.4 is 26.0 Å². The molecule has 0 fully saturated rings. The van der Waals surface area contributed by atoms with Crippen LogP contribution in [0.25, 0.3) is 10.9 Å². The average Bonchev–Trinajstić information content (AvgIpc) is 3.35. The van der Waals surface area contributed by atoms with Crippen LogP contribution in [0.1, 0.15) is 21.7 Å². The maximum absolute atomic E-state index is 12.9. The van der Waals surface area contributed by atoms with Gasteiger partial charge in [-0.3, -0.25) is 14.2 Å². The number of hydrogen-bond donors (Lipinski definition) is 2. The van der Waals surface area contributed by atoms with Crippen molar-refractivity contribution < 1.29 is 18.7 Å². The lowest BCUT2D eigenvalue weighted by atomic mass is 10.1. The SMILES string of the molecule is COc1ccc(CCn2c(=O)[nH]c3cc(C(=O)NCc4ccco4)ccc3c2=O)cc1OC. The molecule has 2 aromatic carbocycles. The van der Waals surface area contributed by atoms with Crippen LogP contribution in [0.3, 0.4) is 0 Å². The number of amides is 1. The number of aromatic nitrogens is 2. The summed E-state index contributed by atoms with van der Waals surface area (Å²) in [6.45, 7) is 0.420. The molecular formula is C24H23N3O6. The van der Waals surface area contributed by atoms with Crippen molar-refractivity contribution in [3.8, 4) is 11.5 Å². The van der Waals surface area contributed by atoms with Crippen molar-refractivity contribution in [2.75, 3.05) is 14.2 Å². The number of carbonyl (C=O) groups excluding carboxylic acids is 1. The fourth-order valence-electron chi connectivity index (χ4n) is 3.56. The van der Waals surface area contributed by atoms with E-state index in [1.165, 1.54) is 12.3 Å². The minimum Gasteiger partial charge on any atom is -0.493 e. The first kappa shape index (κ1) is 21.9. The number of methoxy groups -OCH3 is 2. The lowest BCUT2D eigenvalue weighted by molar-refractivity contribution is 0.0948. The van der Waals surface area contributed by atoms with Gasteiger partial charge in [0.25, 0.3) is 11.5 Å². The third kappa shape index (κ3) is 4.67. The lowest BCUT2D eigenvalue weighted by Crippen LogP contribution is -2.35. The first-order chi connectivity index (χ1) is 16.0. The van der Waals surface area contributed by atoms with Gasteiger partial charge in [0.05, 0.1) is 37.9 Å². The Hall–Kier alpha value is -4.27. The molecular weight excluding hydrogens is 426 g/mol. The van der Waals surface area contributed by atoms with Crippen LogP contribution in [0.2, 0.25) is 0 Å². The summed E-state index contributed by atoms with van der Waals surface area (Å²) in [5.74, 6) is 1.46. The molecule has 0 unspecified atom stereocenters. The van der Waals surface area contributed by atoms with Gasteiger partial charge in [0, 0.05) is 12.1 Å². The summed E-state index contributed by atoms with van der Waals surface area (Å²) in [5.41, 5.74) is 0.561. The number of furan rings is 1. The Labute approximate surface area is 188 Å². The topological polar surface area (TPSA) is 116 Å². The molecule has 0 saturated heterocycles. The van der Waals surface area contributed by atoms with E-state index >= 15 is 0 Å². The van der Waals surface area contributed by atoms with Crippen LogP contribution in [0.15, 0.2) is 68.8 Å². The lowest BCUT2D eigenvalue weighted by Gasteiger charge is -2.11. The number of nitrogens with one attached hydrogen (secondary N) is 2. The molecule has 0 saturated carbocycles. The van der Waals surface area contributed by atoms with Gasteiger partial charge in [0.2, 0.25) is 0 Å². The molecule has 33 heavy (non-hydrogen) atoms. The highest BCUT2D eigenvalue weighted by Crippen LogP contribution is 2.27. The monoisotopic (exact) mass is 449 g/mol. The number of nitrogens with zero attached hydrogens (tertiary/aromatic N) is 1. The zero-order chi connectivity index (χ0) is 23.4. The number of H-pyrrole nitrogens is 1. The van der Waals surface area contributed by atoms with Gasteiger partial charge in [-0.2, -0.15) is 0 Å². The van der Waals surface area contributed by atoms with Gasteiger partial charge in [-0.15, -0.1) is 0 Å². The Morgan fingerprint density at radius 2 is 1.88 bits per heavy atom. The molecule has 2 heterocycles. The second kappa shape index (κ2) is 9.47. The summed E-state index contributed by atoms with van der Waals surface area (Å²) in [6, 6.07) is 13.5. The molecule has 0 spiro atoms. The van der Waals surface area contributed by atoms with Crippen molar-refractivity contribution in [1.29, 1.82) is 0 Å². The number of aromatic amines is 1. The average molecular weight is 449 g/mol. The second-order valence-electron chi connectivity index (χ2n) is 7.35. The van der Waals surface area contributed by atoms with Crippen molar-refractivity contribution in [1.82, 2.24) is 14.9 Å². The fraction of sp³-hybridized carbons (Fsp3) is 0.208. The Kier molecular flexibility index (Phi) is 6.30.